The second kappa shape index (κ2) is 9.98. The van der Waals surface area contributed by atoms with Crippen LogP contribution in [-0.2, 0) is 19.3 Å². The number of methoxy groups -OCH3 is 1. The predicted molar refractivity (Wildman–Crippen MR) is 119 cm³/mol. The number of alkyl halides is 3. The van der Waals surface area contributed by atoms with Crippen LogP contribution in [0.5, 0.6) is 5.75 Å². The SMILES string of the molecule is COc1ccc(CN(Cc2ccccn2)C(=S)Nc2cc(Cl)ccc2C(F)(F)F)cc1. The third kappa shape index (κ3) is 6.32. The number of aromatic nitrogens is 1. The fourth-order valence-corrected chi connectivity index (χ4v) is 3.31. The molecule has 1 N–H and O–H groups in total. The van der Waals surface area contributed by atoms with Gasteiger partial charge in [0.05, 0.1) is 30.6 Å². The molecule has 1 heterocycles. The van der Waals surface area contributed by atoms with Crippen LogP contribution in [0.2, 0.25) is 5.02 Å². The Balaban J connectivity index is 1.87. The minimum absolute atomic E-state index is 0.120. The molecule has 9 heteroatoms. The van der Waals surface area contributed by atoms with E-state index in [-0.39, 0.29) is 15.8 Å². The van der Waals surface area contributed by atoms with Gasteiger partial charge in [-0.3, -0.25) is 4.98 Å². The van der Waals surface area contributed by atoms with Crippen molar-refractivity contribution in [2.45, 2.75) is 19.3 Å². The van der Waals surface area contributed by atoms with Crippen LogP contribution < -0.4 is 10.1 Å². The Morgan fingerprint density at radius 3 is 2.45 bits per heavy atom. The van der Waals surface area contributed by atoms with Crippen LogP contribution >= 0.6 is 23.8 Å². The average Bonchev–Trinajstić information content (AvgIpc) is 2.73. The molecule has 1 aromatic heterocycles. The van der Waals surface area contributed by atoms with E-state index in [0.29, 0.717) is 18.8 Å². The van der Waals surface area contributed by atoms with E-state index in [4.69, 9.17) is 28.6 Å². The van der Waals surface area contributed by atoms with Crippen LogP contribution in [0.3, 0.4) is 0 Å². The summed E-state index contributed by atoms with van der Waals surface area (Å²) in [6, 6.07) is 16.1. The van der Waals surface area contributed by atoms with Crippen molar-refractivity contribution in [3.63, 3.8) is 0 Å². The summed E-state index contributed by atoms with van der Waals surface area (Å²) >= 11 is 11.4. The van der Waals surface area contributed by atoms with Gasteiger partial charge in [0.15, 0.2) is 5.11 Å². The largest absolute Gasteiger partial charge is 0.497 e. The number of pyridine rings is 1. The summed E-state index contributed by atoms with van der Waals surface area (Å²) in [6.07, 6.45) is -2.90. The number of ether oxygens (including phenoxy) is 1. The van der Waals surface area contributed by atoms with Crippen LogP contribution in [0.25, 0.3) is 0 Å². The fraction of sp³-hybridized carbons (Fsp3) is 0.182. The number of halogens is 4. The van der Waals surface area contributed by atoms with Crippen LogP contribution in [0.1, 0.15) is 16.8 Å². The lowest BCUT2D eigenvalue weighted by atomic mass is 10.1. The highest BCUT2D eigenvalue weighted by Crippen LogP contribution is 2.36. The highest BCUT2D eigenvalue weighted by atomic mass is 35.5. The Morgan fingerprint density at radius 1 is 1.10 bits per heavy atom. The van der Waals surface area contributed by atoms with Crippen molar-refractivity contribution in [3.05, 3.63) is 88.7 Å². The zero-order valence-corrected chi connectivity index (χ0v) is 18.1. The van der Waals surface area contributed by atoms with E-state index in [1.165, 1.54) is 12.1 Å². The van der Waals surface area contributed by atoms with E-state index < -0.39 is 11.7 Å². The van der Waals surface area contributed by atoms with Crippen molar-refractivity contribution in [3.8, 4) is 5.75 Å². The van der Waals surface area contributed by atoms with Crippen molar-refractivity contribution < 1.29 is 17.9 Å². The second-order valence-corrected chi connectivity index (χ2v) is 7.47. The monoisotopic (exact) mass is 465 g/mol. The van der Waals surface area contributed by atoms with Gasteiger partial charge < -0.3 is 15.0 Å². The second-order valence-electron chi connectivity index (χ2n) is 6.64. The van der Waals surface area contributed by atoms with Gasteiger partial charge in [-0.05, 0) is 60.2 Å². The highest BCUT2D eigenvalue weighted by molar-refractivity contribution is 7.80. The van der Waals surface area contributed by atoms with Gasteiger partial charge in [0.1, 0.15) is 5.75 Å². The van der Waals surface area contributed by atoms with Gasteiger partial charge in [-0.2, -0.15) is 13.2 Å². The van der Waals surface area contributed by atoms with E-state index in [2.05, 4.69) is 10.3 Å². The van der Waals surface area contributed by atoms with Crippen molar-refractivity contribution >= 4 is 34.6 Å². The molecule has 0 saturated carbocycles. The highest BCUT2D eigenvalue weighted by Gasteiger charge is 2.34. The molecule has 0 saturated heterocycles. The summed E-state index contributed by atoms with van der Waals surface area (Å²) in [5, 5.41) is 3.01. The molecular formula is C22H19ClF3N3OS. The zero-order valence-electron chi connectivity index (χ0n) is 16.5. The maximum atomic E-state index is 13.4. The van der Waals surface area contributed by atoms with E-state index in [0.717, 1.165) is 17.3 Å². The molecule has 0 fully saturated rings. The van der Waals surface area contributed by atoms with Crippen LogP contribution in [-0.4, -0.2) is 22.1 Å². The predicted octanol–water partition coefficient (Wildman–Crippen LogP) is 6.16. The van der Waals surface area contributed by atoms with Gasteiger partial charge in [0.2, 0.25) is 0 Å². The Labute approximate surface area is 188 Å². The standard InChI is InChI=1S/C22H19ClF3N3OS/c1-30-18-8-5-15(6-9-18)13-29(14-17-4-2-3-11-27-17)21(31)28-20-12-16(23)7-10-19(20)22(24,25)26/h2-12H,13-14H2,1H3,(H,28,31). The summed E-state index contributed by atoms with van der Waals surface area (Å²) < 4.78 is 45.5. The number of thiocarbonyl (C=S) groups is 1. The summed E-state index contributed by atoms with van der Waals surface area (Å²) in [6.45, 7) is 0.662. The molecule has 0 atom stereocenters. The lowest BCUT2D eigenvalue weighted by molar-refractivity contribution is -0.136. The van der Waals surface area contributed by atoms with E-state index >= 15 is 0 Å². The molecule has 0 aliphatic rings. The Morgan fingerprint density at radius 2 is 1.84 bits per heavy atom. The van der Waals surface area contributed by atoms with Crippen molar-refractivity contribution in [1.82, 2.24) is 9.88 Å². The molecule has 31 heavy (non-hydrogen) atoms. The van der Waals surface area contributed by atoms with Crippen LogP contribution in [0.4, 0.5) is 18.9 Å². The zero-order chi connectivity index (χ0) is 22.4. The van der Waals surface area contributed by atoms with Gasteiger partial charge in [-0.25, -0.2) is 0 Å². The summed E-state index contributed by atoms with van der Waals surface area (Å²) in [5.74, 6) is 0.703. The number of rotatable bonds is 6. The van der Waals surface area contributed by atoms with Crippen LogP contribution in [0.15, 0.2) is 66.9 Å². The van der Waals surface area contributed by atoms with Crippen molar-refractivity contribution in [2.24, 2.45) is 0 Å². The number of anilines is 1. The van der Waals surface area contributed by atoms with Gasteiger partial charge in [-0.15, -0.1) is 0 Å². The minimum atomic E-state index is -4.55. The van der Waals surface area contributed by atoms with Crippen molar-refractivity contribution in [2.75, 3.05) is 12.4 Å². The molecule has 0 radical (unpaired) electrons. The van der Waals surface area contributed by atoms with Crippen LogP contribution in [0, 0.1) is 0 Å². The summed E-state index contributed by atoms with van der Waals surface area (Å²) in [4.78, 5) is 6.03. The lowest BCUT2D eigenvalue weighted by Gasteiger charge is -2.27. The molecule has 0 amide bonds. The first-order valence-electron chi connectivity index (χ1n) is 9.22. The first kappa shape index (κ1) is 22.8. The first-order valence-corrected chi connectivity index (χ1v) is 10.0. The molecule has 0 aliphatic heterocycles. The number of nitrogens with zero attached hydrogens (tertiary/aromatic N) is 2. The molecule has 0 unspecified atom stereocenters. The number of hydrogen-bond acceptors (Lipinski definition) is 3. The summed E-state index contributed by atoms with van der Waals surface area (Å²) in [5.41, 5.74) is 0.581. The van der Waals surface area contributed by atoms with Gasteiger partial charge >= 0.3 is 6.18 Å². The smallest absolute Gasteiger partial charge is 0.418 e. The topological polar surface area (TPSA) is 37.4 Å². The first-order chi connectivity index (χ1) is 14.8. The molecule has 0 spiro atoms. The fourth-order valence-electron chi connectivity index (χ4n) is 2.90. The molecule has 0 aliphatic carbocycles. The molecular weight excluding hydrogens is 447 g/mol. The Bertz CT molecular complexity index is 1030. The quantitative estimate of drug-likeness (QED) is 0.441. The lowest BCUT2D eigenvalue weighted by Crippen LogP contribution is -2.34. The van der Waals surface area contributed by atoms with Gasteiger partial charge in [0.25, 0.3) is 0 Å². The molecule has 162 valence electrons. The van der Waals surface area contributed by atoms with Gasteiger partial charge in [0, 0.05) is 17.8 Å². The molecule has 4 nitrogen and oxygen atoms in total. The Kier molecular flexibility index (Phi) is 7.35. The average molecular weight is 466 g/mol. The van der Waals surface area contributed by atoms with E-state index in [1.54, 1.807) is 24.3 Å². The van der Waals surface area contributed by atoms with E-state index in [9.17, 15) is 13.2 Å². The van der Waals surface area contributed by atoms with Crippen molar-refractivity contribution in [1.29, 1.82) is 0 Å². The number of nitrogens with one attached hydrogen (secondary N) is 1. The maximum absolute atomic E-state index is 13.4. The normalized spacial score (nSPS) is 11.1. The third-order valence-corrected chi connectivity index (χ3v) is 5.02. The molecule has 2 aromatic carbocycles. The molecule has 0 bridgehead atoms. The maximum Gasteiger partial charge on any atom is 0.418 e. The molecule has 3 rings (SSSR count). The number of hydrogen-bond donors (Lipinski definition) is 1. The van der Waals surface area contributed by atoms with Gasteiger partial charge in [-0.1, -0.05) is 29.8 Å². The Hall–Kier alpha value is -2.84. The molecule has 3 aromatic rings. The van der Waals surface area contributed by atoms with E-state index in [1.807, 2.05) is 36.4 Å². The minimum Gasteiger partial charge on any atom is -0.497 e. The third-order valence-electron chi connectivity index (χ3n) is 4.43. The number of benzene rings is 2. The summed E-state index contributed by atoms with van der Waals surface area (Å²) in [7, 11) is 1.57.